The minimum atomic E-state index is 0.878. The number of hydrogen-bond acceptors (Lipinski definition) is 1. The van der Waals surface area contributed by atoms with Crippen molar-refractivity contribution in [1.82, 2.24) is 0 Å². The van der Waals surface area contributed by atoms with Crippen LogP contribution in [0.3, 0.4) is 0 Å². The molecule has 0 aliphatic carbocycles. The molecule has 0 heterocycles. The van der Waals surface area contributed by atoms with Gasteiger partial charge in [-0.1, -0.05) is 68.4 Å². The Morgan fingerprint density at radius 3 is 2.41 bits per heavy atom. The summed E-state index contributed by atoms with van der Waals surface area (Å²) in [6.45, 7) is 2.23. The Balaban J connectivity index is 2.11. The van der Waals surface area contributed by atoms with Crippen molar-refractivity contribution in [2.45, 2.75) is 39.0 Å². The lowest BCUT2D eigenvalue weighted by molar-refractivity contribution is 0.415. The molecule has 22 heavy (non-hydrogen) atoms. The maximum Gasteiger partial charge on any atom is 0.118 e. The molecule has 0 aliphatic rings. The van der Waals surface area contributed by atoms with Gasteiger partial charge in [0.1, 0.15) is 5.75 Å². The van der Waals surface area contributed by atoms with E-state index in [4.69, 9.17) is 4.74 Å². The van der Waals surface area contributed by atoms with Gasteiger partial charge in [-0.15, -0.1) is 0 Å². The van der Waals surface area contributed by atoms with Crippen LogP contribution in [0.2, 0.25) is 0 Å². The van der Waals surface area contributed by atoms with Crippen molar-refractivity contribution < 1.29 is 4.74 Å². The summed E-state index contributed by atoms with van der Waals surface area (Å²) in [6.07, 6.45) is 6.05. The lowest BCUT2D eigenvalue weighted by atomic mass is 10.00. The number of methoxy groups -OCH3 is 1. The highest BCUT2D eigenvalue weighted by atomic mass is 16.5. The summed E-state index contributed by atoms with van der Waals surface area (Å²) in [4.78, 5) is 0. The minimum absolute atomic E-state index is 0.878. The van der Waals surface area contributed by atoms with E-state index >= 15 is 0 Å². The Morgan fingerprint density at radius 1 is 0.909 bits per heavy atom. The third kappa shape index (κ3) is 4.67. The van der Waals surface area contributed by atoms with E-state index in [1.807, 2.05) is 18.2 Å². The highest BCUT2D eigenvalue weighted by Crippen LogP contribution is 2.25. The van der Waals surface area contributed by atoms with Crippen molar-refractivity contribution in [3.8, 4) is 28.7 Å². The molecule has 0 amide bonds. The van der Waals surface area contributed by atoms with Gasteiger partial charge in [-0.2, -0.15) is 0 Å². The van der Waals surface area contributed by atoms with Gasteiger partial charge in [0.25, 0.3) is 0 Å². The van der Waals surface area contributed by atoms with Gasteiger partial charge >= 0.3 is 0 Å². The number of benzene rings is 2. The Labute approximate surface area is 134 Å². The summed E-state index contributed by atoms with van der Waals surface area (Å²) in [5, 5.41) is 0. The highest BCUT2D eigenvalue weighted by molar-refractivity contribution is 5.71. The highest BCUT2D eigenvalue weighted by Gasteiger charge is 2.02. The van der Waals surface area contributed by atoms with Crippen molar-refractivity contribution >= 4 is 0 Å². The van der Waals surface area contributed by atoms with Gasteiger partial charge in [-0.3, -0.25) is 0 Å². The molecule has 2 rings (SSSR count). The fraction of sp³-hybridized carbons (Fsp3) is 0.333. The number of hydrogen-bond donors (Lipinski definition) is 0. The first-order valence-corrected chi connectivity index (χ1v) is 8.07. The van der Waals surface area contributed by atoms with Crippen molar-refractivity contribution in [2.24, 2.45) is 0 Å². The van der Waals surface area contributed by atoms with Crippen LogP contribution >= 0.6 is 0 Å². The van der Waals surface area contributed by atoms with Crippen LogP contribution in [0.5, 0.6) is 5.75 Å². The number of ether oxygens (including phenoxy) is 1. The first-order chi connectivity index (χ1) is 10.8. The van der Waals surface area contributed by atoms with E-state index in [0.29, 0.717) is 0 Å². The van der Waals surface area contributed by atoms with E-state index in [1.165, 1.54) is 36.8 Å². The molecule has 1 heteroatoms. The molecule has 2 aromatic rings. The van der Waals surface area contributed by atoms with Gasteiger partial charge in [0.05, 0.1) is 7.11 Å². The third-order valence-corrected chi connectivity index (χ3v) is 3.71. The summed E-state index contributed by atoms with van der Waals surface area (Å²) >= 11 is 0. The lowest BCUT2D eigenvalue weighted by Gasteiger charge is -2.06. The number of unbranched alkanes of at least 4 members (excludes halogenated alkanes) is 4. The molecule has 0 fully saturated rings. The van der Waals surface area contributed by atoms with Gasteiger partial charge in [-0.05, 0) is 35.7 Å². The Kier molecular flexibility index (Phi) is 6.58. The van der Waals surface area contributed by atoms with Crippen molar-refractivity contribution in [3.63, 3.8) is 0 Å². The van der Waals surface area contributed by atoms with Crippen LogP contribution < -0.4 is 4.74 Å². The fourth-order valence-electron chi connectivity index (χ4n) is 2.41. The molecule has 0 aliphatic heterocycles. The largest absolute Gasteiger partial charge is 0.497 e. The predicted molar refractivity (Wildman–Crippen MR) is 94.1 cm³/mol. The molecule has 114 valence electrons. The van der Waals surface area contributed by atoms with Gasteiger partial charge in [0, 0.05) is 12.0 Å². The molecule has 0 atom stereocenters. The molecular formula is C21H24O. The molecule has 2 aromatic carbocycles. The van der Waals surface area contributed by atoms with Crippen LogP contribution in [0.4, 0.5) is 0 Å². The molecule has 0 N–H and O–H groups in total. The molecule has 0 bridgehead atoms. The van der Waals surface area contributed by atoms with Crippen LogP contribution in [0.1, 0.15) is 44.6 Å². The standard InChI is InChI=1S/C21H24O/c1-3-4-5-6-7-8-11-18-12-9-10-13-21(18)19-14-16-20(22-2)17-15-19/h9-10,12-17H,3-7H2,1-2H3. The molecule has 0 unspecified atom stereocenters. The van der Waals surface area contributed by atoms with Crippen LogP contribution in [-0.4, -0.2) is 7.11 Å². The van der Waals surface area contributed by atoms with E-state index in [0.717, 1.165) is 17.7 Å². The van der Waals surface area contributed by atoms with Gasteiger partial charge in [-0.25, -0.2) is 0 Å². The van der Waals surface area contributed by atoms with Crippen LogP contribution in [0.15, 0.2) is 48.5 Å². The normalized spacial score (nSPS) is 9.91. The van der Waals surface area contributed by atoms with E-state index in [-0.39, 0.29) is 0 Å². The van der Waals surface area contributed by atoms with E-state index in [1.54, 1.807) is 7.11 Å². The summed E-state index contributed by atoms with van der Waals surface area (Å²) < 4.78 is 5.22. The van der Waals surface area contributed by atoms with Crippen molar-refractivity contribution in [1.29, 1.82) is 0 Å². The predicted octanol–water partition coefficient (Wildman–Crippen LogP) is 5.68. The maximum atomic E-state index is 5.22. The topological polar surface area (TPSA) is 9.23 Å². The van der Waals surface area contributed by atoms with Crippen molar-refractivity contribution in [3.05, 3.63) is 54.1 Å². The maximum absolute atomic E-state index is 5.22. The Morgan fingerprint density at radius 2 is 1.68 bits per heavy atom. The molecule has 1 nitrogen and oxygen atoms in total. The first kappa shape index (κ1) is 16.2. The third-order valence-electron chi connectivity index (χ3n) is 3.71. The first-order valence-electron chi connectivity index (χ1n) is 8.07. The molecule has 0 aromatic heterocycles. The average Bonchev–Trinajstić information content (AvgIpc) is 2.58. The van der Waals surface area contributed by atoms with Crippen LogP contribution in [0, 0.1) is 11.8 Å². The second-order valence-corrected chi connectivity index (χ2v) is 5.39. The fourth-order valence-corrected chi connectivity index (χ4v) is 2.41. The molecule has 0 saturated carbocycles. The quantitative estimate of drug-likeness (QED) is 0.491. The zero-order valence-electron chi connectivity index (χ0n) is 13.6. The smallest absolute Gasteiger partial charge is 0.118 e. The van der Waals surface area contributed by atoms with Gasteiger partial charge < -0.3 is 4.74 Å². The summed E-state index contributed by atoms with van der Waals surface area (Å²) in [5.74, 6) is 7.53. The monoisotopic (exact) mass is 292 g/mol. The zero-order valence-corrected chi connectivity index (χ0v) is 13.6. The van der Waals surface area contributed by atoms with E-state index in [9.17, 15) is 0 Å². The number of rotatable bonds is 6. The van der Waals surface area contributed by atoms with E-state index in [2.05, 4.69) is 49.1 Å². The average molecular weight is 292 g/mol. The molecule has 0 radical (unpaired) electrons. The SMILES string of the molecule is CCCCCCC#Cc1ccccc1-c1ccc(OC)cc1. The second kappa shape index (κ2) is 8.95. The van der Waals surface area contributed by atoms with E-state index < -0.39 is 0 Å². The lowest BCUT2D eigenvalue weighted by Crippen LogP contribution is -1.86. The van der Waals surface area contributed by atoms with Gasteiger partial charge in [0.15, 0.2) is 0 Å². The Hall–Kier alpha value is -2.20. The second-order valence-electron chi connectivity index (χ2n) is 5.39. The minimum Gasteiger partial charge on any atom is -0.497 e. The summed E-state index contributed by atoms with van der Waals surface area (Å²) in [7, 11) is 1.69. The molecular weight excluding hydrogens is 268 g/mol. The van der Waals surface area contributed by atoms with Crippen LogP contribution in [-0.2, 0) is 0 Å². The Bertz CT molecular complexity index is 629. The molecule has 0 spiro atoms. The van der Waals surface area contributed by atoms with Crippen molar-refractivity contribution in [2.75, 3.05) is 7.11 Å². The zero-order chi connectivity index (χ0) is 15.6. The molecule has 0 saturated heterocycles. The summed E-state index contributed by atoms with van der Waals surface area (Å²) in [6, 6.07) is 16.5. The van der Waals surface area contributed by atoms with Gasteiger partial charge in [0.2, 0.25) is 0 Å². The summed E-state index contributed by atoms with van der Waals surface area (Å²) in [5.41, 5.74) is 3.46. The van der Waals surface area contributed by atoms with Crippen LogP contribution in [0.25, 0.3) is 11.1 Å².